The molecule has 0 aliphatic rings. The Morgan fingerprint density at radius 1 is 1.36 bits per heavy atom. The molecule has 0 aliphatic carbocycles. The molecule has 0 unspecified atom stereocenters. The number of aromatic nitrogens is 3. The first kappa shape index (κ1) is 18.9. The Morgan fingerprint density at radius 2 is 2.18 bits per heavy atom. The minimum atomic E-state index is 0. The molecule has 0 aromatic carbocycles. The van der Waals surface area contributed by atoms with Gasteiger partial charge >= 0.3 is 0 Å². The molecule has 2 heterocycles. The predicted molar refractivity (Wildman–Crippen MR) is 102 cm³/mol. The molecule has 0 amide bonds. The second kappa shape index (κ2) is 9.78. The first-order valence-corrected chi connectivity index (χ1v) is 7.84. The molecule has 0 saturated heterocycles. The van der Waals surface area contributed by atoms with E-state index in [0.717, 1.165) is 42.7 Å². The highest BCUT2D eigenvalue weighted by Crippen LogP contribution is 2.16. The standard InChI is InChI=1S/C14H22N6S.HI/c1-11-13(21-12(2)19-11)9-18-14(15-3)17-5-4-7-20-8-6-16-10-20;/h6,8,10H,4-5,7,9H2,1-3H3,(H2,15,17,18);1H. The second-order valence-electron chi connectivity index (χ2n) is 4.75. The number of hydrogen-bond donors (Lipinski definition) is 2. The maximum absolute atomic E-state index is 4.43. The van der Waals surface area contributed by atoms with Crippen molar-refractivity contribution < 1.29 is 0 Å². The van der Waals surface area contributed by atoms with Gasteiger partial charge in [-0.1, -0.05) is 0 Å². The smallest absolute Gasteiger partial charge is 0.191 e. The molecular formula is C14H23IN6S. The fourth-order valence-corrected chi connectivity index (χ4v) is 2.89. The number of hydrogen-bond acceptors (Lipinski definition) is 4. The lowest BCUT2D eigenvalue weighted by Gasteiger charge is -2.11. The number of halogens is 1. The molecule has 6 nitrogen and oxygen atoms in total. The third-order valence-electron chi connectivity index (χ3n) is 3.08. The van der Waals surface area contributed by atoms with Crippen molar-refractivity contribution in [3.05, 3.63) is 34.3 Å². The van der Waals surface area contributed by atoms with Crippen molar-refractivity contribution in [3.63, 3.8) is 0 Å². The summed E-state index contributed by atoms with van der Waals surface area (Å²) in [5.41, 5.74) is 1.10. The van der Waals surface area contributed by atoms with Crippen LogP contribution in [0.2, 0.25) is 0 Å². The van der Waals surface area contributed by atoms with Crippen LogP contribution in [0.15, 0.2) is 23.7 Å². The molecule has 2 aromatic rings. The monoisotopic (exact) mass is 434 g/mol. The first-order valence-electron chi connectivity index (χ1n) is 7.02. The Morgan fingerprint density at radius 3 is 2.77 bits per heavy atom. The quantitative estimate of drug-likeness (QED) is 0.317. The van der Waals surface area contributed by atoms with Crippen LogP contribution in [-0.2, 0) is 13.1 Å². The summed E-state index contributed by atoms with van der Waals surface area (Å²) in [7, 11) is 1.79. The number of rotatable bonds is 6. The minimum absolute atomic E-state index is 0. The van der Waals surface area contributed by atoms with Crippen LogP contribution < -0.4 is 10.6 Å². The molecule has 0 bridgehead atoms. The van der Waals surface area contributed by atoms with E-state index in [2.05, 4.69) is 30.2 Å². The summed E-state index contributed by atoms with van der Waals surface area (Å²) in [6.07, 6.45) is 6.63. The second-order valence-corrected chi connectivity index (χ2v) is 6.04. The zero-order valence-corrected chi connectivity index (χ0v) is 16.3. The minimum Gasteiger partial charge on any atom is -0.356 e. The van der Waals surface area contributed by atoms with E-state index in [4.69, 9.17) is 0 Å². The summed E-state index contributed by atoms with van der Waals surface area (Å²) < 4.78 is 2.07. The average molecular weight is 434 g/mol. The van der Waals surface area contributed by atoms with Crippen LogP contribution >= 0.6 is 35.3 Å². The van der Waals surface area contributed by atoms with Gasteiger partial charge in [0.1, 0.15) is 0 Å². The molecule has 2 N–H and O–H groups in total. The number of imidazole rings is 1. The lowest BCUT2D eigenvalue weighted by Crippen LogP contribution is -2.37. The van der Waals surface area contributed by atoms with Crippen LogP contribution in [0.25, 0.3) is 0 Å². The van der Waals surface area contributed by atoms with Gasteiger partial charge in [0.2, 0.25) is 0 Å². The summed E-state index contributed by atoms with van der Waals surface area (Å²) >= 11 is 1.73. The summed E-state index contributed by atoms with van der Waals surface area (Å²) in [5.74, 6) is 0.825. The Kier molecular flexibility index (Phi) is 8.39. The molecule has 0 aliphatic heterocycles. The highest BCUT2D eigenvalue weighted by atomic mass is 127. The number of aliphatic imine (C=N–C) groups is 1. The summed E-state index contributed by atoms with van der Waals surface area (Å²) in [4.78, 5) is 13.9. The lowest BCUT2D eigenvalue weighted by atomic mass is 10.4. The van der Waals surface area contributed by atoms with E-state index in [1.54, 1.807) is 24.6 Å². The maximum atomic E-state index is 4.43. The Hall–Kier alpha value is -1.16. The predicted octanol–water partition coefficient (Wildman–Crippen LogP) is 2.33. The van der Waals surface area contributed by atoms with Crippen molar-refractivity contribution in [1.82, 2.24) is 25.2 Å². The average Bonchev–Trinajstić information content (AvgIpc) is 3.08. The molecule has 2 aromatic heterocycles. The van der Waals surface area contributed by atoms with Gasteiger partial charge in [-0.25, -0.2) is 9.97 Å². The Labute approximate surface area is 152 Å². The summed E-state index contributed by atoms with van der Waals surface area (Å²) in [6, 6.07) is 0. The van der Waals surface area contributed by atoms with Crippen molar-refractivity contribution in [3.8, 4) is 0 Å². The molecule has 0 saturated carbocycles. The number of nitrogens with zero attached hydrogens (tertiary/aromatic N) is 4. The van der Waals surface area contributed by atoms with Crippen LogP contribution in [0, 0.1) is 13.8 Å². The Balaban J connectivity index is 0.00000242. The zero-order chi connectivity index (χ0) is 15.1. The van der Waals surface area contributed by atoms with Crippen molar-refractivity contribution in [2.24, 2.45) is 4.99 Å². The van der Waals surface area contributed by atoms with Gasteiger partial charge in [-0.05, 0) is 20.3 Å². The highest BCUT2D eigenvalue weighted by molar-refractivity contribution is 14.0. The number of thiazole rings is 1. The molecule has 22 heavy (non-hydrogen) atoms. The van der Waals surface area contributed by atoms with Gasteiger partial charge in [-0.3, -0.25) is 4.99 Å². The van der Waals surface area contributed by atoms with Gasteiger partial charge in [0.25, 0.3) is 0 Å². The van der Waals surface area contributed by atoms with E-state index < -0.39 is 0 Å². The third-order valence-corrected chi connectivity index (χ3v) is 4.16. The van der Waals surface area contributed by atoms with E-state index in [0.29, 0.717) is 0 Å². The molecule has 8 heteroatoms. The van der Waals surface area contributed by atoms with E-state index in [9.17, 15) is 0 Å². The van der Waals surface area contributed by atoms with Gasteiger partial charge < -0.3 is 15.2 Å². The molecule has 122 valence electrons. The zero-order valence-electron chi connectivity index (χ0n) is 13.2. The van der Waals surface area contributed by atoms with Crippen molar-refractivity contribution in [1.29, 1.82) is 0 Å². The van der Waals surface area contributed by atoms with Crippen LogP contribution in [0.4, 0.5) is 0 Å². The van der Waals surface area contributed by atoms with Gasteiger partial charge in [0.15, 0.2) is 5.96 Å². The van der Waals surface area contributed by atoms with Crippen LogP contribution in [0.3, 0.4) is 0 Å². The highest BCUT2D eigenvalue weighted by Gasteiger charge is 2.05. The van der Waals surface area contributed by atoms with Crippen molar-refractivity contribution in [2.75, 3.05) is 13.6 Å². The van der Waals surface area contributed by atoms with Gasteiger partial charge in [-0.15, -0.1) is 35.3 Å². The van der Waals surface area contributed by atoms with Crippen molar-refractivity contribution in [2.45, 2.75) is 33.4 Å². The fourth-order valence-electron chi connectivity index (χ4n) is 2.01. The molecule has 0 atom stereocenters. The normalized spacial score (nSPS) is 11.1. The first-order chi connectivity index (χ1) is 10.2. The van der Waals surface area contributed by atoms with E-state index in [-0.39, 0.29) is 24.0 Å². The van der Waals surface area contributed by atoms with Gasteiger partial charge in [-0.2, -0.15) is 0 Å². The molecule has 2 rings (SSSR count). The van der Waals surface area contributed by atoms with Crippen LogP contribution in [0.1, 0.15) is 22.0 Å². The van der Waals surface area contributed by atoms with Gasteiger partial charge in [0.05, 0.1) is 23.6 Å². The third kappa shape index (κ3) is 5.91. The van der Waals surface area contributed by atoms with E-state index in [1.807, 2.05) is 26.4 Å². The fraction of sp³-hybridized carbons (Fsp3) is 0.500. The molecular weight excluding hydrogens is 411 g/mol. The van der Waals surface area contributed by atoms with Crippen LogP contribution in [0.5, 0.6) is 0 Å². The number of aryl methyl sites for hydroxylation is 3. The SMILES string of the molecule is CN=C(NCCCn1ccnc1)NCc1sc(C)nc1C.I. The van der Waals surface area contributed by atoms with E-state index in [1.165, 1.54) is 4.88 Å². The number of guanidine groups is 1. The summed E-state index contributed by atoms with van der Waals surface area (Å²) in [5, 5.41) is 7.75. The lowest BCUT2D eigenvalue weighted by molar-refractivity contribution is 0.624. The van der Waals surface area contributed by atoms with Gasteiger partial charge in [0, 0.05) is 37.4 Å². The maximum Gasteiger partial charge on any atom is 0.191 e. The summed E-state index contributed by atoms with van der Waals surface area (Å²) in [6.45, 7) is 6.67. The molecule has 0 fully saturated rings. The number of nitrogens with one attached hydrogen (secondary N) is 2. The van der Waals surface area contributed by atoms with Crippen molar-refractivity contribution >= 4 is 41.3 Å². The van der Waals surface area contributed by atoms with E-state index >= 15 is 0 Å². The molecule has 0 radical (unpaired) electrons. The topological polar surface area (TPSA) is 67.1 Å². The largest absolute Gasteiger partial charge is 0.356 e. The Bertz CT molecular complexity index is 578. The molecule has 0 spiro atoms. The van der Waals surface area contributed by atoms with Crippen LogP contribution in [-0.4, -0.2) is 34.1 Å².